The van der Waals surface area contributed by atoms with Crippen LogP contribution in [0.4, 0.5) is 0 Å². The first-order chi connectivity index (χ1) is 8.35. The molecule has 1 heterocycles. The van der Waals surface area contributed by atoms with Gasteiger partial charge in [-0.15, -0.1) is 11.3 Å². The second-order valence-corrected chi connectivity index (χ2v) is 6.19. The highest BCUT2D eigenvalue weighted by Crippen LogP contribution is 2.33. The quantitative estimate of drug-likeness (QED) is 0.674. The van der Waals surface area contributed by atoms with E-state index in [4.69, 9.17) is 0 Å². The van der Waals surface area contributed by atoms with Crippen LogP contribution in [0.15, 0.2) is 36.4 Å². The van der Waals surface area contributed by atoms with Crippen molar-refractivity contribution in [2.75, 3.05) is 0 Å². The van der Waals surface area contributed by atoms with Crippen LogP contribution in [0, 0.1) is 0 Å². The summed E-state index contributed by atoms with van der Waals surface area (Å²) in [6.07, 6.45) is 0. The van der Waals surface area contributed by atoms with Crippen molar-refractivity contribution in [1.29, 1.82) is 0 Å². The van der Waals surface area contributed by atoms with Gasteiger partial charge < -0.3 is 0 Å². The van der Waals surface area contributed by atoms with Gasteiger partial charge in [-0.3, -0.25) is 0 Å². The van der Waals surface area contributed by atoms with Gasteiger partial charge in [0.15, 0.2) is 0 Å². The van der Waals surface area contributed by atoms with Crippen LogP contribution < -0.4 is 10.6 Å². The average Bonchev–Trinajstić information content (AvgIpc) is 2.76. The minimum absolute atomic E-state index is 0.556. The first-order valence-electron chi connectivity index (χ1n) is 5.05. The van der Waals surface area contributed by atoms with Crippen molar-refractivity contribution in [2.45, 2.75) is 0 Å². The zero-order chi connectivity index (χ0) is 11.8. The first-order valence-corrected chi connectivity index (χ1v) is 7.69. The molecule has 0 bridgehead atoms. The molecule has 82 valence electrons. The zero-order valence-corrected chi connectivity index (χ0v) is 11.5. The molecule has 3 aromatic rings. The highest BCUT2D eigenvalue weighted by Gasteiger charge is 2.22. The minimum atomic E-state index is -0.567. The predicted molar refractivity (Wildman–Crippen MR) is 76.6 cm³/mol. The molecule has 0 saturated heterocycles. The third-order valence-electron chi connectivity index (χ3n) is 2.76. The predicted octanol–water partition coefficient (Wildman–Crippen LogP) is 3.35. The van der Waals surface area contributed by atoms with Gasteiger partial charge in [0.05, 0.1) is 5.39 Å². The highest BCUT2D eigenvalue weighted by molar-refractivity contribution is 7.43. The van der Waals surface area contributed by atoms with Crippen LogP contribution in [0.5, 0.6) is 0 Å². The summed E-state index contributed by atoms with van der Waals surface area (Å²) in [6, 6.07) is 11.8. The lowest BCUT2D eigenvalue weighted by atomic mass is 10.1. The van der Waals surface area contributed by atoms with Gasteiger partial charge in [0.1, 0.15) is 0 Å². The van der Waals surface area contributed by atoms with Gasteiger partial charge in [0.2, 0.25) is 10.6 Å². The Morgan fingerprint density at radius 1 is 0.882 bits per heavy atom. The molecular weight excluding hydrogens is 270 g/mol. The molecule has 0 aliphatic rings. The van der Waals surface area contributed by atoms with Crippen LogP contribution in [0.2, 0.25) is 0 Å². The van der Waals surface area contributed by atoms with Crippen LogP contribution in [-0.2, 0) is 9.13 Å². The Kier molecular flexibility index (Phi) is 2.76. The summed E-state index contributed by atoms with van der Waals surface area (Å²) < 4.78 is 24.8. The summed E-state index contributed by atoms with van der Waals surface area (Å²) >= 11 is 1.68. The molecule has 0 N–H and O–H groups in total. The van der Waals surface area contributed by atoms with Crippen LogP contribution >= 0.6 is 28.3 Å². The first kappa shape index (κ1) is 11.0. The van der Waals surface area contributed by atoms with Crippen LogP contribution in [0.3, 0.4) is 0 Å². The number of fused-ring (bicyclic) bond motifs is 3. The number of hydrogen-bond acceptors (Lipinski definition) is 3. The van der Waals surface area contributed by atoms with Gasteiger partial charge in [-0.1, -0.05) is 27.3 Å². The van der Waals surface area contributed by atoms with E-state index in [1.165, 1.54) is 4.70 Å². The van der Waals surface area contributed by atoms with Crippen molar-refractivity contribution in [3.8, 4) is 0 Å². The summed E-state index contributed by atoms with van der Waals surface area (Å²) in [7, 11) is -1.12. The van der Waals surface area contributed by atoms with Crippen molar-refractivity contribution in [3.05, 3.63) is 36.4 Å². The Hall–Kier alpha value is -1.14. The van der Waals surface area contributed by atoms with Crippen molar-refractivity contribution >= 4 is 59.0 Å². The van der Waals surface area contributed by atoms with E-state index in [2.05, 4.69) is 6.07 Å². The van der Waals surface area contributed by atoms with E-state index < -0.39 is 16.9 Å². The van der Waals surface area contributed by atoms with E-state index in [9.17, 15) is 9.13 Å². The van der Waals surface area contributed by atoms with Gasteiger partial charge in [-0.05, 0) is 18.2 Å². The topological polar surface area (TPSA) is 34.1 Å². The monoisotopic (exact) mass is 278 g/mol. The molecule has 2 aromatic carbocycles. The molecule has 0 spiro atoms. The summed E-state index contributed by atoms with van der Waals surface area (Å²) in [5, 5.41) is 3.49. The molecule has 0 radical (unpaired) electrons. The largest absolute Gasteiger partial charge is 0.368 e. The average molecular weight is 278 g/mol. The van der Waals surface area contributed by atoms with Crippen molar-refractivity contribution in [3.63, 3.8) is 0 Å². The molecule has 0 fully saturated rings. The number of thiophene rings is 1. The lowest BCUT2D eigenvalue weighted by molar-refractivity contribution is 0.601. The van der Waals surface area contributed by atoms with Crippen molar-refractivity contribution < 1.29 is 9.13 Å². The molecule has 0 aliphatic carbocycles. The maximum atomic E-state index is 11.4. The second kappa shape index (κ2) is 4.27. The van der Waals surface area contributed by atoms with E-state index in [1.807, 2.05) is 30.3 Å². The van der Waals surface area contributed by atoms with Gasteiger partial charge in [-0.2, -0.15) is 0 Å². The van der Waals surface area contributed by atoms with Crippen LogP contribution in [-0.4, -0.2) is 0 Å². The fourth-order valence-corrected chi connectivity index (χ4v) is 4.46. The Labute approximate surface area is 105 Å². The third-order valence-corrected chi connectivity index (χ3v) is 5.50. The van der Waals surface area contributed by atoms with Crippen LogP contribution in [0.1, 0.15) is 0 Å². The summed E-state index contributed by atoms with van der Waals surface area (Å²) in [5.74, 6) is 0. The Morgan fingerprint density at radius 3 is 2.47 bits per heavy atom. The van der Waals surface area contributed by atoms with E-state index >= 15 is 0 Å². The summed E-state index contributed by atoms with van der Waals surface area (Å²) in [4.78, 5) is 0. The van der Waals surface area contributed by atoms with E-state index in [1.54, 1.807) is 11.3 Å². The lowest BCUT2D eigenvalue weighted by Crippen LogP contribution is -2.12. The molecule has 3 rings (SSSR count). The maximum Gasteiger partial charge on any atom is 0.368 e. The Balaban J connectivity index is 2.60. The zero-order valence-electron chi connectivity index (χ0n) is 8.69. The van der Waals surface area contributed by atoms with Gasteiger partial charge >= 0.3 is 16.9 Å². The smallest absolute Gasteiger partial charge is 0.135 e. The van der Waals surface area contributed by atoms with Crippen LogP contribution in [0.25, 0.3) is 20.2 Å². The molecule has 1 aromatic heterocycles. The number of benzene rings is 2. The molecule has 0 aliphatic heterocycles. The Morgan fingerprint density at radius 2 is 1.71 bits per heavy atom. The summed E-state index contributed by atoms with van der Waals surface area (Å²) in [5.41, 5.74) is 0. The molecule has 5 heteroatoms. The van der Waals surface area contributed by atoms with Crippen molar-refractivity contribution in [1.82, 2.24) is 0 Å². The lowest BCUT2D eigenvalue weighted by Gasteiger charge is -1.90. The SMILES string of the molecule is O=[PH+]c1ccc2sc3ccccc3c2c1[PH+]=O. The van der Waals surface area contributed by atoms with Gasteiger partial charge in [0.25, 0.3) is 0 Å². The normalized spacial score (nSPS) is 11.8. The van der Waals surface area contributed by atoms with Crippen molar-refractivity contribution in [2.24, 2.45) is 0 Å². The maximum absolute atomic E-state index is 11.4. The van der Waals surface area contributed by atoms with Gasteiger partial charge in [-0.25, -0.2) is 0 Å². The van der Waals surface area contributed by atoms with E-state index in [0.29, 0.717) is 10.6 Å². The molecule has 2 atom stereocenters. The van der Waals surface area contributed by atoms with E-state index in [0.717, 1.165) is 15.5 Å². The molecule has 0 saturated carbocycles. The standard InChI is InChI=1S/C12H6O2P2S/c13-15-8-5-6-10-11(12(8)16-14)7-3-1-2-4-9(7)17-10/h1-6H/p+2. The minimum Gasteiger partial charge on any atom is -0.135 e. The fourth-order valence-electron chi connectivity index (χ4n) is 2.01. The third kappa shape index (κ3) is 1.63. The molecule has 0 amide bonds. The molecular formula is C12H8O2P2S+2. The van der Waals surface area contributed by atoms with Gasteiger partial charge in [0, 0.05) is 14.8 Å². The second-order valence-electron chi connectivity index (χ2n) is 3.66. The molecule has 2 unspecified atom stereocenters. The molecule has 2 nitrogen and oxygen atoms in total. The number of hydrogen-bond donors (Lipinski definition) is 0. The van der Waals surface area contributed by atoms with E-state index in [-0.39, 0.29) is 0 Å². The fraction of sp³-hybridized carbons (Fsp3) is 0. The summed E-state index contributed by atoms with van der Waals surface area (Å²) in [6.45, 7) is 0. The Bertz CT molecular complexity index is 749. The highest BCUT2D eigenvalue weighted by atomic mass is 32.1. The number of rotatable bonds is 2. The molecule has 17 heavy (non-hydrogen) atoms.